The van der Waals surface area contributed by atoms with Crippen molar-refractivity contribution in [3.63, 3.8) is 0 Å². The van der Waals surface area contributed by atoms with Gasteiger partial charge in [0.2, 0.25) is 0 Å². The topological polar surface area (TPSA) is 44.6 Å². The second-order valence-electron chi connectivity index (χ2n) is 5.42. The lowest BCUT2D eigenvalue weighted by atomic mass is 9.97. The van der Waals surface area contributed by atoms with E-state index in [0.717, 1.165) is 17.7 Å². The van der Waals surface area contributed by atoms with Crippen molar-refractivity contribution in [1.29, 1.82) is 0 Å². The fraction of sp³-hybridized carbons (Fsp3) is 0.235. The van der Waals surface area contributed by atoms with E-state index in [-0.39, 0.29) is 5.56 Å². The monoisotopic (exact) mass is 269 g/mol. The number of nitrogens with one attached hydrogen (secondary N) is 1. The molecule has 2 aromatic rings. The number of hydrogen-bond acceptors (Lipinski definition) is 2. The first-order chi connectivity index (χ1) is 9.47. The summed E-state index contributed by atoms with van der Waals surface area (Å²) in [6.45, 7) is 2.82. The van der Waals surface area contributed by atoms with Gasteiger partial charge in [0.05, 0.1) is 20.1 Å². The second kappa shape index (κ2) is 5.88. The average Bonchev–Trinajstić information content (AvgIpc) is 2.39. The lowest BCUT2D eigenvalue weighted by molar-refractivity contribution is -0.872. The van der Waals surface area contributed by atoms with Gasteiger partial charge in [0.25, 0.3) is 0 Å². The third kappa shape index (κ3) is 3.25. The Labute approximate surface area is 119 Å². The summed E-state index contributed by atoms with van der Waals surface area (Å²) < 4.78 is 0. The molecule has 0 aliphatic heterocycles. The van der Waals surface area contributed by atoms with Gasteiger partial charge in [0, 0.05) is 11.1 Å². The number of quaternary nitrogens is 1. The van der Waals surface area contributed by atoms with Crippen LogP contribution in [0.5, 0.6) is 0 Å². The third-order valence-electron chi connectivity index (χ3n) is 3.22. The molecule has 1 N–H and O–H groups in total. The van der Waals surface area contributed by atoms with Crippen molar-refractivity contribution >= 4 is 5.97 Å². The van der Waals surface area contributed by atoms with Crippen LogP contribution in [0.15, 0.2) is 42.5 Å². The van der Waals surface area contributed by atoms with Gasteiger partial charge in [-0.15, -0.1) is 0 Å². The van der Waals surface area contributed by atoms with Crippen LogP contribution < -0.4 is 10.0 Å². The number of carbonyl (C=O) groups excluding carboxylic acids is 1. The number of aromatic carboxylic acids is 1. The van der Waals surface area contributed by atoms with Crippen molar-refractivity contribution in [2.24, 2.45) is 0 Å². The summed E-state index contributed by atoms with van der Waals surface area (Å²) in [5.74, 6) is -1.13. The van der Waals surface area contributed by atoms with E-state index in [4.69, 9.17) is 0 Å². The maximum atomic E-state index is 11.2. The highest BCUT2D eigenvalue weighted by Crippen LogP contribution is 2.24. The molecule has 104 valence electrons. The van der Waals surface area contributed by atoms with E-state index in [1.165, 1.54) is 10.5 Å². The van der Waals surface area contributed by atoms with Crippen molar-refractivity contribution in [2.45, 2.75) is 13.5 Å². The fourth-order valence-corrected chi connectivity index (χ4v) is 2.29. The van der Waals surface area contributed by atoms with Gasteiger partial charge in [-0.1, -0.05) is 42.0 Å². The van der Waals surface area contributed by atoms with E-state index in [2.05, 4.69) is 14.1 Å². The highest BCUT2D eigenvalue weighted by atomic mass is 16.4. The zero-order chi connectivity index (χ0) is 14.7. The van der Waals surface area contributed by atoms with Gasteiger partial charge in [-0.3, -0.25) is 0 Å². The van der Waals surface area contributed by atoms with Gasteiger partial charge < -0.3 is 14.8 Å². The molecule has 0 amide bonds. The molecule has 0 radical (unpaired) electrons. The van der Waals surface area contributed by atoms with Gasteiger partial charge in [-0.05, 0) is 24.1 Å². The molecule has 0 spiro atoms. The van der Waals surface area contributed by atoms with Crippen LogP contribution in [-0.2, 0) is 6.54 Å². The smallest absolute Gasteiger partial charge is 0.102 e. The minimum absolute atomic E-state index is 0.246. The van der Waals surface area contributed by atoms with Crippen LogP contribution in [-0.4, -0.2) is 20.1 Å². The molecule has 0 fully saturated rings. The maximum Gasteiger partial charge on any atom is 0.102 e. The van der Waals surface area contributed by atoms with Crippen molar-refractivity contribution in [2.75, 3.05) is 14.1 Å². The molecule has 2 rings (SSSR count). The Hall–Kier alpha value is -2.13. The Bertz CT molecular complexity index is 615. The van der Waals surface area contributed by atoms with E-state index in [1.807, 2.05) is 43.3 Å². The van der Waals surface area contributed by atoms with Gasteiger partial charge in [-0.2, -0.15) is 0 Å². The number of rotatable bonds is 4. The predicted octanol–water partition coefficient (Wildman–Crippen LogP) is 0.670. The van der Waals surface area contributed by atoms with Crippen molar-refractivity contribution in [1.82, 2.24) is 0 Å². The normalized spacial score (nSPS) is 10.8. The Morgan fingerprint density at radius 2 is 1.75 bits per heavy atom. The minimum Gasteiger partial charge on any atom is -0.545 e. The third-order valence-corrected chi connectivity index (χ3v) is 3.22. The summed E-state index contributed by atoms with van der Waals surface area (Å²) in [7, 11) is 4.20. The molecule has 0 aliphatic rings. The van der Waals surface area contributed by atoms with Gasteiger partial charge in [-0.25, -0.2) is 0 Å². The number of carboxylic acid groups (broad SMARTS) is 1. The predicted molar refractivity (Wildman–Crippen MR) is 77.5 cm³/mol. The molecule has 2 aromatic carbocycles. The summed E-state index contributed by atoms with van der Waals surface area (Å²) in [6.07, 6.45) is 0. The summed E-state index contributed by atoms with van der Waals surface area (Å²) >= 11 is 0. The van der Waals surface area contributed by atoms with E-state index < -0.39 is 5.97 Å². The number of benzene rings is 2. The van der Waals surface area contributed by atoms with Crippen LogP contribution in [0, 0.1) is 6.92 Å². The molecule has 0 saturated heterocycles. The van der Waals surface area contributed by atoms with Crippen LogP contribution in [0.3, 0.4) is 0 Å². The van der Waals surface area contributed by atoms with Gasteiger partial charge >= 0.3 is 0 Å². The Kier molecular flexibility index (Phi) is 4.20. The molecule has 0 aliphatic carbocycles. The summed E-state index contributed by atoms with van der Waals surface area (Å²) in [5.41, 5.74) is 4.01. The van der Waals surface area contributed by atoms with Gasteiger partial charge in [0.1, 0.15) is 6.54 Å². The number of carboxylic acids is 1. The van der Waals surface area contributed by atoms with Crippen molar-refractivity contribution in [3.8, 4) is 11.1 Å². The largest absolute Gasteiger partial charge is 0.545 e. The molecule has 0 aromatic heterocycles. The summed E-state index contributed by atoms with van der Waals surface area (Å²) in [4.78, 5) is 12.6. The zero-order valence-corrected chi connectivity index (χ0v) is 12.1. The minimum atomic E-state index is -1.13. The lowest BCUT2D eigenvalue weighted by Gasteiger charge is -2.13. The fourth-order valence-electron chi connectivity index (χ4n) is 2.29. The molecule has 20 heavy (non-hydrogen) atoms. The Balaban J connectivity index is 2.39. The molecular weight excluding hydrogens is 250 g/mol. The quantitative estimate of drug-likeness (QED) is 0.886. The lowest BCUT2D eigenvalue weighted by Crippen LogP contribution is -3.04. The molecule has 3 nitrogen and oxygen atoms in total. The Morgan fingerprint density at radius 1 is 1.10 bits per heavy atom. The summed E-state index contributed by atoms with van der Waals surface area (Å²) in [5, 5.41) is 11.2. The standard InChI is InChI=1S/C17H19NO2/c1-12-4-9-15(16(10-12)17(19)20)14-7-5-13(6-8-14)11-18(2)3/h4-10H,11H2,1-3H3,(H,19,20). The van der Waals surface area contributed by atoms with E-state index >= 15 is 0 Å². The highest BCUT2D eigenvalue weighted by Gasteiger charge is 2.07. The molecular formula is C17H19NO2. The molecule has 0 bridgehead atoms. The van der Waals surface area contributed by atoms with Crippen molar-refractivity contribution < 1.29 is 14.8 Å². The maximum absolute atomic E-state index is 11.2. The van der Waals surface area contributed by atoms with E-state index in [0.29, 0.717) is 5.56 Å². The molecule has 0 saturated carbocycles. The van der Waals surface area contributed by atoms with E-state index in [9.17, 15) is 9.90 Å². The first kappa shape index (κ1) is 14.3. The SMILES string of the molecule is Cc1ccc(-c2ccc(C[NH+](C)C)cc2)c(C(=O)[O-])c1. The van der Waals surface area contributed by atoms with E-state index in [1.54, 1.807) is 6.07 Å². The molecule has 0 heterocycles. The van der Waals surface area contributed by atoms with Crippen LogP contribution >= 0.6 is 0 Å². The van der Waals surface area contributed by atoms with Crippen LogP contribution in [0.25, 0.3) is 11.1 Å². The molecule has 3 heteroatoms. The summed E-state index contributed by atoms with van der Waals surface area (Å²) in [6, 6.07) is 13.4. The van der Waals surface area contributed by atoms with Crippen molar-refractivity contribution in [3.05, 3.63) is 59.2 Å². The molecule has 0 atom stereocenters. The zero-order valence-electron chi connectivity index (χ0n) is 12.1. The number of carbonyl (C=O) groups is 1. The van der Waals surface area contributed by atoms with Crippen LogP contribution in [0.2, 0.25) is 0 Å². The Morgan fingerprint density at radius 3 is 2.30 bits per heavy atom. The average molecular weight is 269 g/mol. The number of hydrogen-bond donors (Lipinski definition) is 1. The first-order valence-corrected chi connectivity index (χ1v) is 6.67. The highest BCUT2D eigenvalue weighted by molar-refractivity contribution is 5.95. The number of aryl methyl sites for hydroxylation is 1. The van der Waals surface area contributed by atoms with Crippen LogP contribution in [0.1, 0.15) is 21.5 Å². The molecule has 0 unspecified atom stereocenters. The van der Waals surface area contributed by atoms with Gasteiger partial charge in [0.15, 0.2) is 0 Å². The first-order valence-electron chi connectivity index (χ1n) is 6.67. The van der Waals surface area contributed by atoms with Crippen LogP contribution in [0.4, 0.5) is 0 Å². The second-order valence-corrected chi connectivity index (χ2v) is 5.42.